The van der Waals surface area contributed by atoms with Crippen LogP contribution in [0.3, 0.4) is 0 Å². The summed E-state index contributed by atoms with van der Waals surface area (Å²) in [4.78, 5) is 0. The van der Waals surface area contributed by atoms with E-state index >= 15 is 0 Å². The molecule has 0 aliphatic heterocycles. The summed E-state index contributed by atoms with van der Waals surface area (Å²) in [6, 6.07) is 0. The Hall–Kier alpha value is -0.287. The van der Waals surface area contributed by atoms with Crippen molar-refractivity contribution >= 4 is 4.21 Å². The average molecular weight is 236 g/mol. The van der Waals surface area contributed by atoms with Crippen LogP contribution in [0.1, 0.15) is 14.3 Å². The summed E-state index contributed by atoms with van der Waals surface area (Å²) in [5.41, 5.74) is 0. The number of hydrogen-bond acceptors (Lipinski definition) is 0. The molecule has 0 saturated carbocycles. The van der Waals surface area contributed by atoms with Gasteiger partial charge in [0, 0.05) is 0 Å². The zero-order valence-corrected chi connectivity index (χ0v) is 9.54. The van der Waals surface area contributed by atoms with Gasteiger partial charge in [-0.15, -0.1) is 0 Å². The zero-order valence-electron chi connectivity index (χ0n) is 8.09. The van der Waals surface area contributed by atoms with E-state index < -0.39 is 21.3 Å². The molecule has 0 aromatic rings. The van der Waals surface area contributed by atoms with Crippen molar-refractivity contribution in [3.8, 4) is 0 Å². The van der Waals surface area contributed by atoms with Gasteiger partial charge in [-0.05, 0) is 0 Å². The topological polar surface area (TPSA) is 0 Å². The summed E-state index contributed by atoms with van der Waals surface area (Å²) in [6.45, 7) is 0. The zero-order chi connectivity index (χ0) is 8.39. The van der Waals surface area contributed by atoms with Gasteiger partial charge in [0.05, 0.1) is 0 Å². The molecule has 2 aliphatic rings. The third kappa shape index (κ3) is 1.56. The summed E-state index contributed by atoms with van der Waals surface area (Å²) in [5.74, 6) is 0. The van der Waals surface area contributed by atoms with Crippen LogP contribution in [0.25, 0.3) is 0 Å². The van der Waals surface area contributed by atoms with E-state index in [1.54, 1.807) is 6.56 Å². The quantitative estimate of drug-likeness (QED) is 0.692. The van der Waals surface area contributed by atoms with Crippen LogP contribution in [0.5, 0.6) is 0 Å². The molecule has 0 saturated heterocycles. The molecule has 0 unspecified atom stereocenters. The molecule has 0 N–H and O–H groups in total. The molecule has 0 atom stereocenters. The third-order valence-electron chi connectivity index (χ3n) is 2.32. The fraction of sp³-hybridized carbons (Fsp3) is 0.182. The normalized spacial score (nSPS) is 19.7. The second kappa shape index (κ2) is 3.62. The first kappa shape index (κ1) is 8.32. The first-order valence-electron chi connectivity index (χ1n) is 4.29. The van der Waals surface area contributed by atoms with Crippen molar-refractivity contribution in [3.05, 3.63) is 43.0 Å². The van der Waals surface area contributed by atoms with Crippen molar-refractivity contribution in [1.29, 1.82) is 0 Å². The molecule has 0 spiro atoms. The molecule has 2 rings (SSSR count). The molecule has 1 heteroatoms. The molecule has 0 bridgehead atoms. The molecule has 12 heavy (non-hydrogen) atoms. The molecule has 0 nitrogen and oxygen atoms in total. The minimum absolute atomic E-state index is 0. The molecule has 0 radical (unpaired) electrons. The van der Waals surface area contributed by atoms with Gasteiger partial charge in [0.1, 0.15) is 0 Å². The summed E-state index contributed by atoms with van der Waals surface area (Å²) in [7, 11) is 0. The van der Waals surface area contributed by atoms with Crippen LogP contribution >= 0.6 is 0 Å². The Morgan fingerprint density at radius 2 is 1.58 bits per heavy atom. The van der Waals surface area contributed by atoms with Crippen molar-refractivity contribution in [3.63, 3.8) is 0 Å². The van der Waals surface area contributed by atoms with Gasteiger partial charge < -0.3 is 1.43 Å². The summed E-state index contributed by atoms with van der Waals surface area (Å²) in [5, 5.41) is 0. The first-order valence-corrected chi connectivity index (χ1v) is 8.48. The van der Waals surface area contributed by atoms with Crippen LogP contribution in [0.15, 0.2) is 43.0 Å². The van der Waals surface area contributed by atoms with Crippen molar-refractivity contribution in [2.75, 3.05) is 0 Å². The van der Waals surface area contributed by atoms with Crippen molar-refractivity contribution in [1.82, 2.24) is 0 Å². The Bertz CT molecular complexity index is 300. The number of rotatable bonds is 2. The Balaban J connectivity index is 0.000000845. The van der Waals surface area contributed by atoms with E-state index in [0.717, 1.165) is 0 Å². The van der Waals surface area contributed by atoms with Gasteiger partial charge >= 0.3 is 81.3 Å². The molecule has 0 aromatic carbocycles. The van der Waals surface area contributed by atoms with Gasteiger partial charge in [0.15, 0.2) is 0 Å². The molecule has 62 valence electrons. The van der Waals surface area contributed by atoms with Crippen LogP contribution in [0, 0.1) is 0 Å². The first-order chi connectivity index (χ1) is 5.88. The Labute approximate surface area is 82.6 Å². The summed E-state index contributed by atoms with van der Waals surface area (Å²) >= 11 is -1.52. The van der Waals surface area contributed by atoms with Crippen LogP contribution in [0.4, 0.5) is 0 Å². The maximum Gasteiger partial charge on any atom is -1.00 e. The van der Waals surface area contributed by atoms with E-state index in [-0.39, 0.29) is 1.43 Å². The monoisotopic (exact) mass is 235 g/mol. The molecule has 0 aromatic heterocycles. The predicted octanol–water partition coefficient (Wildman–Crippen LogP) is 2.84. The molecular weight excluding hydrogens is 223 g/mol. The van der Waals surface area contributed by atoms with Gasteiger partial charge in [-0.25, -0.2) is 0 Å². The fourth-order valence-electron chi connectivity index (χ4n) is 1.55. The second-order valence-corrected chi connectivity index (χ2v) is 8.64. The standard InChI is InChI=1S/2C5H5.CH2.Zr.H/c2*1-2-4-5-3-1;;;/h2*1-3H,4H2;1H2;;/q;;;;-1. The SMILES string of the molecule is [CH2]=[Zr]([C]1=CC=CC1)[C]1=CC=CC1.[H-]. The second-order valence-electron chi connectivity index (χ2n) is 3.13. The van der Waals surface area contributed by atoms with Gasteiger partial charge in [-0.1, -0.05) is 0 Å². The molecule has 0 amide bonds. The Morgan fingerprint density at radius 3 is 1.92 bits per heavy atom. The van der Waals surface area contributed by atoms with Gasteiger partial charge in [0.2, 0.25) is 0 Å². The van der Waals surface area contributed by atoms with E-state index in [4.69, 9.17) is 0 Å². The molecular formula is C11H13Zr-. The molecule has 0 fully saturated rings. The Morgan fingerprint density at radius 1 is 1.08 bits per heavy atom. The van der Waals surface area contributed by atoms with Crippen LogP contribution in [-0.2, 0) is 21.3 Å². The van der Waals surface area contributed by atoms with Gasteiger partial charge in [-0.2, -0.15) is 0 Å². The van der Waals surface area contributed by atoms with Crippen LogP contribution in [-0.4, -0.2) is 4.21 Å². The fourth-order valence-corrected chi connectivity index (χ4v) is 5.81. The number of hydrogen-bond donors (Lipinski definition) is 0. The van der Waals surface area contributed by atoms with E-state index in [1.807, 2.05) is 0 Å². The summed E-state index contributed by atoms with van der Waals surface area (Å²) < 4.78 is 7.67. The minimum Gasteiger partial charge on any atom is -1.00 e. The van der Waals surface area contributed by atoms with Crippen LogP contribution < -0.4 is 0 Å². The van der Waals surface area contributed by atoms with Crippen molar-refractivity contribution < 1.29 is 22.7 Å². The van der Waals surface area contributed by atoms with Crippen molar-refractivity contribution in [2.45, 2.75) is 12.8 Å². The van der Waals surface area contributed by atoms with E-state index in [9.17, 15) is 0 Å². The molecule has 2 aliphatic carbocycles. The number of allylic oxidation sites excluding steroid dienone is 8. The smallest absolute Gasteiger partial charge is 1.00 e. The van der Waals surface area contributed by atoms with E-state index in [2.05, 4.69) is 40.7 Å². The predicted molar refractivity (Wildman–Crippen MR) is 51.9 cm³/mol. The van der Waals surface area contributed by atoms with Crippen LogP contribution in [0.2, 0.25) is 0 Å². The van der Waals surface area contributed by atoms with Crippen molar-refractivity contribution in [2.24, 2.45) is 0 Å². The summed E-state index contributed by atoms with van der Waals surface area (Å²) in [6.07, 6.45) is 15.7. The maximum atomic E-state index is 4.38. The molecule has 0 heterocycles. The maximum absolute atomic E-state index is 4.38. The average Bonchev–Trinajstić information content (AvgIpc) is 2.77. The van der Waals surface area contributed by atoms with Gasteiger partial charge in [0.25, 0.3) is 0 Å². The minimum atomic E-state index is -1.52. The van der Waals surface area contributed by atoms with E-state index in [1.165, 1.54) is 12.8 Å². The third-order valence-corrected chi connectivity index (χ3v) is 7.95. The Kier molecular flexibility index (Phi) is 2.51. The largest absolute Gasteiger partial charge is 1.00 e. The van der Waals surface area contributed by atoms with Gasteiger partial charge in [-0.3, -0.25) is 0 Å². The van der Waals surface area contributed by atoms with E-state index in [0.29, 0.717) is 0 Å².